The third-order valence-corrected chi connectivity index (χ3v) is 4.21. The summed E-state index contributed by atoms with van der Waals surface area (Å²) in [6.07, 6.45) is 2.08. The van der Waals surface area contributed by atoms with Crippen molar-refractivity contribution in [3.63, 3.8) is 0 Å². The smallest absolute Gasteiger partial charge is 0.0559 e. The SMILES string of the molecule is CSc1ccc(C(N)c2csc(C)c2)cc1. The molecule has 2 aromatic rings. The van der Waals surface area contributed by atoms with Crippen molar-refractivity contribution in [3.05, 3.63) is 51.7 Å². The number of thiophene rings is 1. The molecule has 0 spiro atoms. The standard InChI is InChI=1S/C13H15NS2/c1-9-7-11(8-16-9)13(14)10-3-5-12(15-2)6-4-10/h3-8,13H,14H2,1-2H3. The summed E-state index contributed by atoms with van der Waals surface area (Å²) in [4.78, 5) is 2.59. The van der Waals surface area contributed by atoms with Gasteiger partial charge in [0, 0.05) is 9.77 Å². The van der Waals surface area contributed by atoms with Gasteiger partial charge >= 0.3 is 0 Å². The van der Waals surface area contributed by atoms with E-state index in [4.69, 9.17) is 5.73 Å². The monoisotopic (exact) mass is 249 g/mol. The van der Waals surface area contributed by atoms with Crippen LogP contribution in [0.2, 0.25) is 0 Å². The average Bonchev–Trinajstić information content (AvgIpc) is 2.75. The van der Waals surface area contributed by atoms with Gasteiger partial charge in [-0.25, -0.2) is 0 Å². The predicted molar refractivity (Wildman–Crippen MR) is 73.3 cm³/mol. The second-order valence-corrected chi connectivity index (χ2v) is 5.74. The molecule has 0 fully saturated rings. The van der Waals surface area contributed by atoms with Crippen molar-refractivity contribution in [2.75, 3.05) is 6.26 Å². The highest BCUT2D eigenvalue weighted by Crippen LogP contribution is 2.25. The molecule has 0 saturated carbocycles. The van der Waals surface area contributed by atoms with E-state index in [9.17, 15) is 0 Å². The minimum atomic E-state index is 0.000793. The first-order valence-corrected chi connectivity index (χ1v) is 7.25. The fourth-order valence-corrected chi connectivity index (χ4v) is 2.78. The molecule has 1 nitrogen and oxygen atoms in total. The van der Waals surface area contributed by atoms with Crippen LogP contribution < -0.4 is 5.73 Å². The number of aryl methyl sites for hydroxylation is 1. The summed E-state index contributed by atoms with van der Waals surface area (Å²) in [5, 5.41) is 2.14. The van der Waals surface area contributed by atoms with Gasteiger partial charge in [0.2, 0.25) is 0 Å². The maximum Gasteiger partial charge on any atom is 0.0559 e. The van der Waals surface area contributed by atoms with Crippen LogP contribution in [0, 0.1) is 6.92 Å². The maximum absolute atomic E-state index is 6.22. The quantitative estimate of drug-likeness (QED) is 0.837. The summed E-state index contributed by atoms with van der Waals surface area (Å²) in [5.74, 6) is 0. The molecule has 1 atom stereocenters. The molecule has 0 aliphatic rings. The molecule has 16 heavy (non-hydrogen) atoms. The molecular formula is C13H15NS2. The lowest BCUT2D eigenvalue weighted by molar-refractivity contribution is 0.874. The zero-order chi connectivity index (χ0) is 11.5. The fraction of sp³-hybridized carbons (Fsp3) is 0.231. The first-order valence-electron chi connectivity index (χ1n) is 5.15. The van der Waals surface area contributed by atoms with Crippen molar-refractivity contribution in [3.8, 4) is 0 Å². The van der Waals surface area contributed by atoms with Gasteiger partial charge in [-0.1, -0.05) is 12.1 Å². The predicted octanol–water partition coefficient (Wildman–Crippen LogP) is 3.83. The van der Waals surface area contributed by atoms with Crippen molar-refractivity contribution < 1.29 is 0 Å². The second-order valence-electron chi connectivity index (χ2n) is 3.74. The Kier molecular flexibility index (Phi) is 3.69. The first kappa shape index (κ1) is 11.7. The Bertz CT molecular complexity index is 459. The van der Waals surface area contributed by atoms with Crippen LogP contribution >= 0.6 is 23.1 Å². The fourth-order valence-electron chi connectivity index (χ4n) is 1.63. The summed E-state index contributed by atoms with van der Waals surface area (Å²) in [5.41, 5.74) is 8.61. The highest BCUT2D eigenvalue weighted by atomic mass is 32.2. The molecule has 0 aliphatic carbocycles. The lowest BCUT2D eigenvalue weighted by Gasteiger charge is -2.10. The van der Waals surface area contributed by atoms with Crippen LogP contribution in [-0.4, -0.2) is 6.26 Å². The minimum Gasteiger partial charge on any atom is -0.320 e. The molecule has 0 aliphatic heterocycles. The molecule has 1 aromatic carbocycles. The van der Waals surface area contributed by atoms with Gasteiger partial charge in [0.1, 0.15) is 0 Å². The second kappa shape index (κ2) is 5.04. The Morgan fingerprint density at radius 3 is 2.38 bits per heavy atom. The zero-order valence-corrected chi connectivity index (χ0v) is 11.1. The topological polar surface area (TPSA) is 26.0 Å². The molecule has 1 unspecified atom stereocenters. The number of rotatable bonds is 3. The van der Waals surface area contributed by atoms with Crippen molar-refractivity contribution in [1.29, 1.82) is 0 Å². The van der Waals surface area contributed by atoms with E-state index in [0.29, 0.717) is 0 Å². The highest BCUT2D eigenvalue weighted by molar-refractivity contribution is 7.98. The van der Waals surface area contributed by atoms with Crippen LogP contribution in [0.5, 0.6) is 0 Å². The number of hydrogen-bond donors (Lipinski definition) is 1. The van der Waals surface area contributed by atoms with Gasteiger partial charge in [0.05, 0.1) is 6.04 Å². The first-order chi connectivity index (χ1) is 7.70. The normalized spacial score (nSPS) is 12.7. The molecule has 1 heterocycles. The van der Waals surface area contributed by atoms with E-state index in [-0.39, 0.29) is 6.04 Å². The third kappa shape index (κ3) is 2.48. The van der Waals surface area contributed by atoms with E-state index >= 15 is 0 Å². The summed E-state index contributed by atoms with van der Waals surface area (Å²) in [7, 11) is 0. The van der Waals surface area contributed by atoms with Crippen molar-refractivity contribution in [2.45, 2.75) is 17.9 Å². The number of benzene rings is 1. The van der Waals surface area contributed by atoms with Crippen molar-refractivity contribution in [2.24, 2.45) is 5.73 Å². The largest absolute Gasteiger partial charge is 0.320 e. The Hall–Kier alpha value is -0.770. The van der Waals surface area contributed by atoms with Gasteiger partial charge in [0.15, 0.2) is 0 Å². The van der Waals surface area contributed by atoms with Gasteiger partial charge in [-0.3, -0.25) is 0 Å². The zero-order valence-electron chi connectivity index (χ0n) is 9.44. The van der Waals surface area contributed by atoms with E-state index in [2.05, 4.69) is 48.9 Å². The lowest BCUT2D eigenvalue weighted by Crippen LogP contribution is -2.10. The molecule has 0 amide bonds. The van der Waals surface area contributed by atoms with Gasteiger partial charge < -0.3 is 5.73 Å². The Labute approximate surface area is 105 Å². The Morgan fingerprint density at radius 2 is 1.88 bits per heavy atom. The van der Waals surface area contributed by atoms with Crippen LogP contribution in [0.15, 0.2) is 40.6 Å². The molecule has 0 radical (unpaired) electrons. The van der Waals surface area contributed by atoms with Crippen LogP contribution in [0.25, 0.3) is 0 Å². The molecule has 0 saturated heterocycles. The number of thioether (sulfide) groups is 1. The molecule has 3 heteroatoms. The summed E-state index contributed by atoms with van der Waals surface area (Å²) in [6, 6.07) is 10.6. The van der Waals surface area contributed by atoms with E-state index in [1.807, 2.05) is 0 Å². The van der Waals surface area contributed by atoms with Gasteiger partial charge in [-0.05, 0) is 47.9 Å². The van der Waals surface area contributed by atoms with Crippen LogP contribution in [0.3, 0.4) is 0 Å². The summed E-state index contributed by atoms with van der Waals surface area (Å²) >= 11 is 3.50. The lowest BCUT2D eigenvalue weighted by atomic mass is 10.0. The molecule has 84 valence electrons. The van der Waals surface area contributed by atoms with Gasteiger partial charge in [0.25, 0.3) is 0 Å². The average molecular weight is 249 g/mol. The van der Waals surface area contributed by atoms with Gasteiger partial charge in [-0.15, -0.1) is 23.1 Å². The van der Waals surface area contributed by atoms with E-state index in [1.54, 1.807) is 23.1 Å². The van der Waals surface area contributed by atoms with Crippen LogP contribution in [0.1, 0.15) is 22.0 Å². The summed E-state index contributed by atoms with van der Waals surface area (Å²) in [6.45, 7) is 2.11. The van der Waals surface area contributed by atoms with E-state index in [1.165, 1.54) is 20.9 Å². The molecule has 2 N–H and O–H groups in total. The van der Waals surface area contributed by atoms with E-state index in [0.717, 1.165) is 0 Å². The summed E-state index contributed by atoms with van der Waals surface area (Å²) < 4.78 is 0. The Morgan fingerprint density at radius 1 is 1.19 bits per heavy atom. The molecule has 0 bridgehead atoms. The molecule has 1 aromatic heterocycles. The molecule has 2 rings (SSSR count). The maximum atomic E-state index is 6.22. The van der Waals surface area contributed by atoms with Crippen LogP contribution in [0.4, 0.5) is 0 Å². The van der Waals surface area contributed by atoms with E-state index < -0.39 is 0 Å². The highest BCUT2D eigenvalue weighted by Gasteiger charge is 2.09. The minimum absolute atomic E-state index is 0.000793. The number of nitrogens with two attached hydrogens (primary N) is 1. The number of hydrogen-bond acceptors (Lipinski definition) is 3. The van der Waals surface area contributed by atoms with Crippen molar-refractivity contribution >= 4 is 23.1 Å². The van der Waals surface area contributed by atoms with Crippen LogP contribution in [-0.2, 0) is 0 Å². The molecular weight excluding hydrogens is 234 g/mol. The van der Waals surface area contributed by atoms with Gasteiger partial charge in [-0.2, -0.15) is 0 Å². The Balaban J connectivity index is 2.23. The third-order valence-electron chi connectivity index (χ3n) is 2.58. The van der Waals surface area contributed by atoms with Crippen molar-refractivity contribution in [1.82, 2.24) is 0 Å².